The topological polar surface area (TPSA) is 68.3 Å². The molecule has 0 atom stereocenters. The second-order valence-electron chi connectivity index (χ2n) is 9.47. The van der Waals surface area contributed by atoms with Crippen LogP contribution in [-0.2, 0) is 4.74 Å². The molecule has 5 rings (SSSR count). The summed E-state index contributed by atoms with van der Waals surface area (Å²) in [5, 5.41) is 6.07. The molecule has 0 saturated heterocycles. The Morgan fingerprint density at radius 2 is 1.47 bits per heavy atom. The normalized spacial score (nSPS) is 11.0. The molecule has 1 amide bonds. The summed E-state index contributed by atoms with van der Waals surface area (Å²) in [5.74, 6) is -0.808. The van der Waals surface area contributed by atoms with Gasteiger partial charge >= 0.3 is 5.97 Å². The number of hydrogen-bond acceptors (Lipinski definition) is 5. The molecule has 0 aliphatic rings. The Balaban J connectivity index is 1.59. The van der Waals surface area contributed by atoms with E-state index in [0.717, 1.165) is 38.7 Å². The van der Waals surface area contributed by atoms with Gasteiger partial charge in [-0.25, -0.2) is 9.78 Å². The molecular formula is C32H28N2O3S. The minimum absolute atomic E-state index is 0.313. The zero-order valence-electron chi connectivity index (χ0n) is 22.0. The standard InChI is InChI=1S/C32H28N2O3S/c1-18-10-12-22(14-20(18)3)26-17-38-31(29(26)32(36)37-5)34-30(35)25-16-28(23-13-11-19(2)21(4)15-23)33-27-9-7-6-8-24(25)27/h6-17H,1-5H3,(H,34,35). The number of benzene rings is 3. The quantitative estimate of drug-likeness (QED) is 0.239. The van der Waals surface area contributed by atoms with Crippen molar-refractivity contribution < 1.29 is 14.3 Å². The van der Waals surface area contributed by atoms with Crippen molar-refractivity contribution in [1.29, 1.82) is 0 Å². The van der Waals surface area contributed by atoms with Crippen LogP contribution in [0.3, 0.4) is 0 Å². The number of carbonyl (C=O) groups excluding carboxylic acids is 2. The molecule has 6 heteroatoms. The summed E-state index contributed by atoms with van der Waals surface area (Å²) in [6.45, 7) is 8.21. The van der Waals surface area contributed by atoms with Crippen molar-refractivity contribution in [2.75, 3.05) is 12.4 Å². The average molecular weight is 521 g/mol. The third-order valence-electron chi connectivity index (χ3n) is 6.99. The molecular weight excluding hydrogens is 492 g/mol. The van der Waals surface area contributed by atoms with E-state index in [1.165, 1.54) is 29.6 Å². The van der Waals surface area contributed by atoms with Crippen molar-refractivity contribution >= 4 is 39.1 Å². The maximum atomic E-state index is 13.8. The van der Waals surface area contributed by atoms with Gasteiger partial charge in [-0.15, -0.1) is 11.3 Å². The number of aromatic nitrogens is 1. The van der Waals surface area contributed by atoms with E-state index in [1.807, 2.05) is 73.8 Å². The van der Waals surface area contributed by atoms with Crippen LogP contribution < -0.4 is 5.32 Å². The summed E-state index contributed by atoms with van der Waals surface area (Å²) >= 11 is 1.31. The Morgan fingerprint density at radius 3 is 2.16 bits per heavy atom. The second-order valence-corrected chi connectivity index (χ2v) is 10.3. The van der Waals surface area contributed by atoms with Crippen LogP contribution in [0, 0.1) is 27.7 Å². The minimum atomic E-state index is -0.495. The molecule has 5 aromatic rings. The number of esters is 1. The lowest BCUT2D eigenvalue weighted by atomic mass is 9.99. The predicted molar refractivity (Wildman–Crippen MR) is 155 cm³/mol. The molecule has 1 N–H and O–H groups in total. The van der Waals surface area contributed by atoms with Gasteiger partial charge in [0.2, 0.25) is 0 Å². The van der Waals surface area contributed by atoms with Crippen LogP contribution in [0.15, 0.2) is 72.1 Å². The van der Waals surface area contributed by atoms with E-state index in [0.29, 0.717) is 21.8 Å². The summed E-state index contributed by atoms with van der Waals surface area (Å²) in [6.07, 6.45) is 0. The number of thiophene rings is 1. The predicted octanol–water partition coefficient (Wildman–Crippen LogP) is 7.90. The zero-order valence-corrected chi connectivity index (χ0v) is 22.8. The highest BCUT2D eigenvalue weighted by Crippen LogP contribution is 2.37. The van der Waals surface area contributed by atoms with E-state index >= 15 is 0 Å². The molecule has 0 saturated carbocycles. The lowest BCUT2D eigenvalue weighted by Gasteiger charge is -2.12. The number of carbonyl (C=O) groups is 2. The van der Waals surface area contributed by atoms with Gasteiger partial charge in [0.15, 0.2) is 0 Å². The summed E-state index contributed by atoms with van der Waals surface area (Å²) in [7, 11) is 1.35. The second kappa shape index (κ2) is 10.2. The largest absolute Gasteiger partial charge is 0.465 e. The fraction of sp³-hybridized carbons (Fsp3) is 0.156. The lowest BCUT2D eigenvalue weighted by molar-refractivity contribution is 0.0603. The Bertz CT molecular complexity index is 1720. The van der Waals surface area contributed by atoms with E-state index < -0.39 is 5.97 Å². The van der Waals surface area contributed by atoms with Crippen LogP contribution in [0.4, 0.5) is 5.00 Å². The molecule has 0 aliphatic heterocycles. The number of para-hydroxylation sites is 1. The van der Waals surface area contributed by atoms with Gasteiger partial charge < -0.3 is 10.1 Å². The summed E-state index contributed by atoms with van der Waals surface area (Å²) in [4.78, 5) is 31.5. The average Bonchev–Trinajstić information content (AvgIpc) is 3.34. The Labute approximate surface area is 226 Å². The number of anilines is 1. The molecule has 0 bridgehead atoms. The van der Waals surface area contributed by atoms with Crippen LogP contribution >= 0.6 is 11.3 Å². The third-order valence-corrected chi connectivity index (χ3v) is 7.88. The molecule has 190 valence electrons. The molecule has 0 spiro atoms. The maximum absolute atomic E-state index is 13.8. The third kappa shape index (κ3) is 4.71. The van der Waals surface area contributed by atoms with E-state index in [4.69, 9.17) is 9.72 Å². The molecule has 2 aromatic heterocycles. The van der Waals surface area contributed by atoms with Crippen molar-refractivity contribution in [3.63, 3.8) is 0 Å². The molecule has 2 heterocycles. The van der Waals surface area contributed by atoms with Crippen molar-refractivity contribution in [3.05, 3.63) is 105 Å². The number of amides is 1. The van der Waals surface area contributed by atoms with Crippen LogP contribution in [0.5, 0.6) is 0 Å². The number of rotatable bonds is 5. The number of ether oxygens (including phenoxy) is 1. The molecule has 3 aromatic carbocycles. The van der Waals surface area contributed by atoms with E-state index in [9.17, 15) is 9.59 Å². The molecule has 38 heavy (non-hydrogen) atoms. The Kier molecular flexibility index (Phi) is 6.83. The van der Waals surface area contributed by atoms with Gasteiger partial charge in [0.05, 0.1) is 23.9 Å². The fourth-order valence-electron chi connectivity index (χ4n) is 4.46. The highest BCUT2D eigenvalue weighted by molar-refractivity contribution is 7.15. The van der Waals surface area contributed by atoms with Crippen LogP contribution in [-0.4, -0.2) is 24.0 Å². The Hall–Kier alpha value is -4.29. The molecule has 5 nitrogen and oxygen atoms in total. The maximum Gasteiger partial charge on any atom is 0.341 e. The minimum Gasteiger partial charge on any atom is -0.465 e. The van der Waals surface area contributed by atoms with Gasteiger partial charge in [-0.1, -0.05) is 48.5 Å². The first kappa shape index (κ1) is 25.4. The van der Waals surface area contributed by atoms with Crippen LogP contribution in [0.2, 0.25) is 0 Å². The SMILES string of the molecule is COC(=O)c1c(-c2ccc(C)c(C)c2)csc1NC(=O)c1cc(-c2ccc(C)c(C)c2)nc2ccccc12. The first-order valence-corrected chi connectivity index (χ1v) is 13.2. The number of fused-ring (bicyclic) bond motifs is 1. The lowest BCUT2D eigenvalue weighted by Crippen LogP contribution is -2.15. The Morgan fingerprint density at radius 1 is 0.816 bits per heavy atom. The van der Waals surface area contributed by atoms with Gasteiger partial charge in [-0.3, -0.25) is 4.79 Å². The number of nitrogens with zero attached hydrogens (tertiary/aromatic N) is 1. The highest BCUT2D eigenvalue weighted by Gasteiger charge is 2.24. The van der Waals surface area contributed by atoms with Crippen molar-refractivity contribution in [3.8, 4) is 22.4 Å². The van der Waals surface area contributed by atoms with Crippen molar-refractivity contribution in [2.45, 2.75) is 27.7 Å². The monoisotopic (exact) mass is 520 g/mol. The number of aryl methyl sites for hydroxylation is 4. The zero-order chi connectivity index (χ0) is 27.0. The fourth-order valence-corrected chi connectivity index (χ4v) is 5.41. The van der Waals surface area contributed by atoms with Gasteiger partial charge in [0.1, 0.15) is 10.6 Å². The van der Waals surface area contributed by atoms with Crippen molar-refractivity contribution in [1.82, 2.24) is 4.98 Å². The summed E-state index contributed by atoms with van der Waals surface area (Å²) in [6, 6.07) is 21.6. The first-order chi connectivity index (χ1) is 18.3. The van der Waals surface area contributed by atoms with Crippen LogP contribution in [0.1, 0.15) is 43.0 Å². The molecule has 0 aliphatic carbocycles. The first-order valence-electron chi connectivity index (χ1n) is 12.3. The summed E-state index contributed by atoms with van der Waals surface area (Å²) in [5.41, 5.74) is 9.49. The van der Waals surface area contributed by atoms with E-state index in [1.54, 1.807) is 0 Å². The van der Waals surface area contributed by atoms with Gasteiger partial charge in [0, 0.05) is 21.9 Å². The molecule has 0 fully saturated rings. The van der Waals surface area contributed by atoms with Gasteiger partial charge in [0.25, 0.3) is 5.91 Å². The van der Waals surface area contributed by atoms with Gasteiger partial charge in [-0.2, -0.15) is 0 Å². The highest BCUT2D eigenvalue weighted by atomic mass is 32.1. The van der Waals surface area contributed by atoms with Crippen LogP contribution in [0.25, 0.3) is 33.3 Å². The molecule has 0 unspecified atom stereocenters. The van der Waals surface area contributed by atoms with E-state index in [-0.39, 0.29) is 5.91 Å². The summed E-state index contributed by atoms with van der Waals surface area (Å²) < 4.78 is 5.11. The number of hydrogen-bond donors (Lipinski definition) is 1. The van der Waals surface area contributed by atoms with Crippen molar-refractivity contribution in [2.24, 2.45) is 0 Å². The number of pyridine rings is 1. The molecule has 0 radical (unpaired) electrons. The smallest absolute Gasteiger partial charge is 0.341 e. The van der Waals surface area contributed by atoms with Gasteiger partial charge in [-0.05, 0) is 73.7 Å². The number of nitrogens with one attached hydrogen (secondary N) is 1. The van der Waals surface area contributed by atoms with E-state index in [2.05, 4.69) is 31.3 Å². The number of methoxy groups -OCH3 is 1.